The van der Waals surface area contributed by atoms with Crippen LogP contribution in [0.4, 0.5) is 0 Å². The first-order valence-electron chi connectivity index (χ1n) is 2.87. The molecule has 0 unspecified atom stereocenters. The Labute approximate surface area is 67.6 Å². The van der Waals surface area contributed by atoms with Crippen LogP contribution in [-0.4, -0.2) is 27.6 Å². The lowest BCUT2D eigenvalue weighted by molar-refractivity contribution is -0.140. The van der Waals surface area contributed by atoms with E-state index in [0.717, 1.165) is 0 Å². The van der Waals surface area contributed by atoms with Gasteiger partial charge in [-0.15, -0.1) is 0 Å². The molecule has 0 aromatic heterocycles. The highest BCUT2D eigenvalue weighted by Gasteiger charge is 2.17. The van der Waals surface area contributed by atoms with Gasteiger partial charge in [0.25, 0.3) is 5.78 Å². The number of hydrogen-bond donors (Lipinski definition) is 2. The van der Waals surface area contributed by atoms with E-state index in [1.54, 1.807) is 0 Å². The molecule has 0 saturated carbocycles. The van der Waals surface area contributed by atoms with Gasteiger partial charge in [0.15, 0.2) is 0 Å². The highest BCUT2D eigenvalue weighted by atomic mass is 16.2. The highest BCUT2D eigenvalue weighted by molar-refractivity contribution is 6.68. The molecule has 2 N–H and O–H groups in total. The number of aliphatic hydroxyl groups excluding tert-OH is 2. The van der Waals surface area contributed by atoms with Gasteiger partial charge in [-0.1, -0.05) is 0 Å². The van der Waals surface area contributed by atoms with Crippen LogP contribution in [0.3, 0.4) is 0 Å². The van der Waals surface area contributed by atoms with Crippen molar-refractivity contribution in [2.75, 3.05) is 0 Å². The van der Waals surface area contributed by atoms with Crippen LogP contribution in [0.2, 0.25) is 0 Å². The van der Waals surface area contributed by atoms with Gasteiger partial charge in [0.2, 0.25) is 11.6 Å². The maximum absolute atomic E-state index is 10.6. The van der Waals surface area contributed by atoms with Crippen LogP contribution in [0.25, 0.3) is 0 Å². The topological polar surface area (TPSA) is 91.7 Å². The highest BCUT2D eigenvalue weighted by Crippen LogP contribution is 1.84. The minimum atomic E-state index is -1.31. The van der Waals surface area contributed by atoms with Gasteiger partial charge in [0.05, 0.1) is 12.5 Å². The van der Waals surface area contributed by atoms with Crippen molar-refractivity contribution in [2.24, 2.45) is 0 Å². The van der Waals surface area contributed by atoms with Crippen LogP contribution >= 0.6 is 0 Å². The fourth-order valence-corrected chi connectivity index (χ4v) is 0.408. The van der Waals surface area contributed by atoms with Crippen LogP contribution in [0.5, 0.6) is 0 Å². The predicted octanol–water partition coefficient (Wildman–Crippen LogP) is -0.163. The number of ketones is 3. The molecule has 0 aliphatic rings. The van der Waals surface area contributed by atoms with Gasteiger partial charge in [-0.05, 0) is 0 Å². The summed E-state index contributed by atoms with van der Waals surface area (Å²) in [5.41, 5.74) is 0. The fraction of sp³-hybridized carbons (Fsp3) is 0. The zero-order valence-electron chi connectivity index (χ0n) is 5.93. The molecule has 5 nitrogen and oxygen atoms in total. The molecule has 5 heteroatoms. The zero-order chi connectivity index (χ0) is 9.56. The van der Waals surface area contributed by atoms with Gasteiger partial charge in [-0.25, -0.2) is 0 Å². The van der Waals surface area contributed by atoms with E-state index in [9.17, 15) is 14.4 Å². The van der Waals surface area contributed by atoms with Crippen molar-refractivity contribution >= 4 is 17.3 Å². The number of carbonyl (C=O) groups is 3. The van der Waals surface area contributed by atoms with Crippen LogP contribution < -0.4 is 0 Å². The first-order valence-corrected chi connectivity index (χ1v) is 2.87. The van der Waals surface area contributed by atoms with E-state index in [2.05, 4.69) is 0 Å². The predicted molar refractivity (Wildman–Crippen MR) is 38.6 cm³/mol. The second kappa shape index (κ2) is 4.84. The van der Waals surface area contributed by atoms with Crippen molar-refractivity contribution in [1.29, 1.82) is 0 Å². The van der Waals surface area contributed by atoms with E-state index in [1.165, 1.54) is 0 Å². The summed E-state index contributed by atoms with van der Waals surface area (Å²) in [6.07, 6.45) is 1.81. The molecule has 0 aromatic carbocycles. The summed E-state index contributed by atoms with van der Waals surface area (Å²) >= 11 is 0. The number of hydrogen-bond acceptors (Lipinski definition) is 5. The molecule has 0 atom stereocenters. The van der Waals surface area contributed by atoms with Gasteiger partial charge in [0.1, 0.15) is 0 Å². The summed E-state index contributed by atoms with van der Waals surface area (Å²) in [5, 5.41) is 16.1. The molecule has 0 heterocycles. The van der Waals surface area contributed by atoms with Crippen molar-refractivity contribution in [2.45, 2.75) is 0 Å². The Bertz CT molecular complexity index is 235. The van der Waals surface area contributed by atoms with E-state index in [0.29, 0.717) is 24.7 Å². The summed E-state index contributed by atoms with van der Waals surface area (Å²) < 4.78 is 0. The Kier molecular flexibility index (Phi) is 4.07. The van der Waals surface area contributed by atoms with E-state index in [4.69, 9.17) is 10.2 Å². The van der Waals surface area contributed by atoms with E-state index in [1.807, 2.05) is 0 Å². The maximum atomic E-state index is 10.6. The van der Waals surface area contributed by atoms with Crippen molar-refractivity contribution in [3.63, 3.8) is 0 Å². The Morgan fingerprint density at radius 2 is 1.17 bits per heavy atom. The normalized spacial score (nSPS) is 10.7. The summed E-state index contributed by atoms with van der Waals surface area (Å²) in [6.45, 7) is 0. The molecule has 0 bridgehead atoms. The van der Waals surface area contributed by atoms with Gasteiger partial charge in [-0.2, -0.15) is 0 Å². The third-order valence-corrected chi connectivity index (χ3v) is 0.899. The standard InChI is InChI=1S/C7H6O5/c8-3-1-5(10)7(12)6(11)2-4-9/h1-4,8-9H. The Hall–Kier alpha value is -1.91. The van der Waals surface area contributed by atoms with Crippen molar-refractivity contribution in [3.8, 4) is 0 Å². The molecule has 0 rings (SSSR count). The maximum Gasteiger partial charge on any atom is 0.272 e. The molecule has 0 aliphatic carbocycles. The van der Waals surface area contributed by atoms with Crippen LogP contribution in [0.15, 0.2) is 24.7 Å². The molecule has 64 valence electrons. The van der Waals surface area contributed by atoms with E-state index in [-0.39, 0.29) is 0 Å². The summed E-state index contributed by atoms with van der Waals surface area (Å²) in [6, 6.07) is 0. The molecular weight excluding hydrogens is 164 g/mol. The van der Waals surface area contributed by atoms with Crippen LogP contribution in [0, 0.1) is 0 Å². The lowest BCUT2D eigenvalue weighted by Crippen LogP contribution is -2.20. The van der Waals surface area contributed by atoms with Gasteiger partial charge < -0.3 is 10.2 Å². The molecule has 0 fully saturated rings. The second-order valence-corrected chi connectivity index (χ2v) is 1.69. The Morgan fingerprint density at radius 1 is 0.833 bits per heavy atom. The number of aliphatic hydroxyl groups is 2. The third kappa shape index (κ3) is 2.78. The Morgan fingerprint density at radius 3 is 1.42 bits per heavy atom. The molecule has 0 aromatic rings. The molecule has 12 heavy (non-hydrogen) atoms. The van der Waals surface area contributed by atoms with Crippen molar-refractivity contribution in [1.82, 2.24) is 0 Å². The average molecular weight is 170 g/mol. The number of Topliss-reactive ketones (excluding diaryl/α,β-unsaturated/α-hetero) is 1. The molecule has 0 aliphatic heterocycles. The first-order chi connectivity index (χ1) is 5.63. The van der Waals surface area contributed by atoms with Crippen LogP contribution in [0.1, 0.15) is 0 Å². The summed E-state index contributed by atoms with van der Waals surface area (Å²) in [5.74, 6) is -3.59. The van der Waals surface area contributed by atoms with Crippen molar-refractivity contribution < 1.29 is 24.6 Å². The number of carbonyl (C=O) groups excluding carboxylic acids is 3. The largest absolute Gasteiger partial charge is 0.515 e. The van der Waals surface area contributed by atoms with Crippen molar-refractivity contribution in [3.05, 3.63) is 24.7 Å². The minimum Gasteiger partial charge on any atom is -0.515 e. The molecule has 0 amide bonds. The molecular formula is C7H6O5. The average Bonchev–Trinajstić information content (AvgIpc) is 2.04. The zero-order valence-corrected chi connectivity index (χ0v) is 5.93. The number of rotatable bonds is 4. The monoisotopic (exact) mass is 170 g/mol. The number of allylic oxidation sites excluding steroid dienone is 2. The van der Waals surface area contributed by atoms with Gasteiger partial charge in [0, 0.05) is 12.2 Å². The molecule has 0 radical (unpaired) electrons. The third-order valence-electron chi connectivity index (χ3n) is 0.899. The second-order valence-electron chi connectivity index (χ2n) is 1.69. The summed E-state index contributed by atoms with van der Waals surface area (Å²) in [7, 11) is 0. The van der Waals surface area contributed by atoms with E-state index < -0.39 is 17.3 Å². The lowest BCUT2D eigenvalue weighted by atomic mass is 10.2. The SMILES string of the molecule is O=C(C=CO)C(=O)C(=O)C=CO. The van der Waals surface area contributed by atoms with Gasteiger partial charge >= 0.3 is 0 Å². The summed E-state index contributed by atoms with van der Waals surface area (Å²) in [4.78, 5) is 31.7. The quantitative estimate of drug-likeness (QED) is 0.264. The molecule has 0 saturated heterocycles. The smallest absolute Gasteiger partial charge is 0.272 e. The minimum absolute atomic E-state index is 0.357. The van der Waals surface area contributed by atoms with Crippen LogP contribution in [-0.2, 0) is 14.4 Å². The Balaban J connectivity index is 4.40. The van der Waals surface area contributed by atoms with Gasteiger partial charge in [-0.3, -0.25) is 14.4 Å². The fourth-order valence-electron chi connectivity index (χ4n) is 0.408. The molecule has 0 spiro atoms. The first kappa shape index (κ1) is 10.1. The lowest BCUT2D eigenvalue weighted by Gasteiger charge is -1.86. The van der Waals surface area contributed by atoms with E-state index >= 15 is 0 Å².